The van der Waals surface area contributed by atoms with Gasteiger partial charge in [-0.1, -0.05) is 20.8 Å². The van der Waals surface area contributed by atoms with Crippen molar-refractivity contribution in [2.45, 2.75) is 27.3 Å². The fourth-order valence-corrected chi connectivity index (χ4v) is 1.23. The Balaban J connectivity index is 3.38. The number of anilines is 2. The summed E-state index contributed by atoms with van der Waals surface area (Å²) in [6.07, 6.45) is 0. The van der Waals surface area contributed by atoms with Crippen LogP contribution in [0.15, 0.2) is 9.59 Å². The molecule has 0 atom stereocenters. The van der Waals surface area contributed by atoms with E-state index in [2.05, 4.69) is 4.98 Å². The minimum atomic E-state index is -0.636. The van der Waals surface area contributed by atoms with E-state index < -0.39 is 11.2 Å². The highest BCUT2D eigenvalue weighted by molar-refractivity contribution is 5.56. The zero-order valence-corrected chi connectivity index (χ0v) is 9.13. The summed E-state index contributed by atoms with van der Waals surface area (Å²) in [5.74, 6) is 0.0266. The summed E-state index contributed by atoms with van der Waals surface area (Å²) in [6, 6.07) is 0. The number of hydrogen-bond donors (Lipinski definition) is 3. The molecule has 0 saturated carbocycles. The van der Waals surface area contributed by atoms with Crippen LogP contribution in [0.3, 0.4) is 0 Å². The molecular formula is C9H16N4O2. The van der Waals surface area contributed by atoms with Gasteiger partial charge in [0.1, 0.15) is 11.5 Å². The maximum Gasteiger partial charge on any atom is 0.330 e. The summed E-state index contributed by atoms with van der Waals surface area (Å²) >= 11 is 0. The van der Waals surface area contributed by atoms with Gasteiger partial charge in [0.2, 0.25) is 0 Å². The number of H-pyrrole nitrogens is 1. The van der Waals surface area contributed by atoms with Crippen molar-refractivity contribution in [2.24, 2.45) is 5.41 Å². The number of nitrogens with one attached hydrogen (secondary N) is 1. The molecule has 0 amide bonds. The maximum atomic E-state index is 11.5. The van der Waals surface area contributed by atoms with E-state index in [1.807, 2.05) is 20.8 Å². The average Bonchev–Trinajstić information content (AvgIpc) is 2.07. The second-order valence-electron chi connectivity index (χ2n) is 4.70. The Labute approximate surface area is 86.9 Å². The highest BCUT2D eigenvalue weighted by Gasteiger charge is 2.16. The fourth-order valence-electron chi connectivity index (χ4n) is 1.23. The topological polar surface area (TPSA) is 107 Å². The first kappa shape index (κ1) is 11.4. The van der Waals surface area contributed by atoms with Gasteiger partial charge in [-0.05, 0) is 5.41 Å². The van der Waals surface area contributed by atoms with Crippen molar-refractivity contribution in [3.05, 3.63) is 20.8 Å². The lowest BCUT2D eigenvalue weighted by molar-refractivity contribution is 0.338. The van der Waals surface area contributed by atoms with Crippen molar-refractivity contribution in [3.63, 3.8) is 0 Å². The van der Waals surface area contributed by atoms with Crippen LogP contribution in [0.25, 0.3) is 0 Å². The van der Waals surface area contributed by atoms with Gasteiger partial charge in [-0.15, -0.1) is 0 Å². The van der Waals surface area contributed by atoms with Crippen molar-refractivity contribution >= 4 is 11.5 Å². The second kappa shape index (κ2) is 3.45. The molecule has 5 N–H and O–H groups in total. The van der Waals surface area contributed by atoms with Gasteiger partial charge < -0.3 is 11.5 Å². The lowest BCUT2D eigenvalue weighted by Crippen LogP contribution is -2.36. The van der Waals surface area contributed by atoms with Crippen LogP contribution in [0.1, 0.15) is 20.8 Å². The van der Waals surface area contributed by atoms with Gasteiger partial charge in [0.05, 0.1) is 0 Å². The average molecular weight is 212 g/mol. The summed E-state index contributed by atoms with van der Waals surface area (Å²) in [4.78, 5) is 24.7. The Bertz CT molecular complexity index is 478. The monoisotopic (exact) mass is 212 g/mol. The molecule has 0 unspecified atom stereocenters. The molecule has 0 saturated heterocycles. The van der Waals surface area contributed by atoms with Crippen LogP contribution in [-0.4, -0.2) is 9.55 Å². The molecule has 0 radical (unpaired) electrons. The van der Waals surface area contributed by atoms with Gasteiger partial charge in [-0.2, -0.15) is 0 Å². The molecular weight excluding hydrogens is 196 g/mol. The number of aromatic amines is 1. The summed E-state index contributed by atoms with van der Waals surface area (Å²) in [7, 11) is 0. The van der Waals surface area contributed by atoms with E-state index in [9.17, 15) is 9.59 Å². The predicted molar refractivity (Wildman–Crippen MR) is 59.6 cm³/mol. The first-order valence-corrected chi connectivity index (χ1v) is 4.60. The van der Waals surface area contributed by atoms with Crippen LogP contribution in [0.2, 0.25) is 0 Å². The highest BCUT2D eigenvalue weighted by Crippen LogP contribution is 2.17. The van der Waals surface area contributed by atoms with Crippen molar-refractivity contribution < 1.29 is 0 Å². The number of nitrogen functional groups attached to an aromatic ring is 2. The maximum absolute atomic E-state index is 11.5. The first-order valence-electron chi connectivity index (χ1n) is 4.60. The molecule has 6 nitrogen and oxygen atoms in total. The molecule has 6 heteroatoms. The Hall–Kier alpha value is -1.72. The molecule has 0 aliphatic carbocycles. The third kappa shape index (κ3) is 2.39. The van der Waals surface area contributed by atoms with E-state index >= 15 is 0 Å². The molecule has 84 valence electrons. The SMILES string of the molecule is CC(C)(C)Cn1c(N)c(N)c(=O)[nH]c1=O. The number of nitrogens with two attached hydrogens (primary N) is 2. The Kier molecular flexibility index (Phi) is 2.61. The number of hydrogen-bond acceptors (Lipinski definition) is 4. The van der Waals surface area contributed by atoms with Crippen LogP contribution in [0, 0.1) is 5.41 Å². The number of aromatic nitrogens is 2. The number of nitrogens with zero attached hydrogens (tertiary/aromatic N) is 1. The lowest BCUT2D eigenvalue weighted by Gasteiger charge is -2.21. The normalized spacial score (nSPS) is 11.7. The summed E-state index contributed by atoms with van der Waals surface area (Å²) in [6.45, 7) is 6.28. The Morgan fingerprint density at radius 3 is 2.27 bits per heavy atom. The van der Waals surface area contributed by atoms with E-state index in [0.29, 0.717) is 6.54 Å². The van der Waals surface area contributed by atoms with Crippen molar-refractivity contribution in [2.75, 3.05) is 11.5 Å². The largest absolute Gasteiger partial charge is 0.391 e. The summed E-state index contributed by atoms with van der Waals surface area (Å²) < 4.78 is 1.27. The van der Waals surface area contributed by atoms with Crippen LogP contribution < -0.4 is 22.7 Å². The molecule has 0 aromatic carbocycles. The zero-order chi connectivity index (χ0) is 11.8. The van der Waals surface area contributed by atoms with Gasteiger partial charge in [0.15, 0.2) is 0 Å². The molecule has 0 aliphatic rings. The van der Waals surface area contributed by atoms with Crippen LogP contribution in [0.4, 0.5) is 11.5 Å². The van der Waals surface area contributed by atoms with E-state index in [-0.39, 0.29) is 16.9 Å². The van der Waals surface area contributed by atoms with Gasteiger partial charge >= 0.3 is 5.69 Å². The summed E-state index contributed by atoms with van der Waals surface area (Å²) in [5, 5.41) is 0. The predicted octanol–water partition coefficient (Wildman–Crippen LogP) is -0.253. The molecule has 1 rings (SSSR count). The molecule has 15 heavy (non-hydrogen) atoms. The molecule has 0 bridgehead atoms. The van der Waals surface area contributed by atoms with Crippen LogP contribution >= 0.6 is 0 Å². The number of rotatable bonds is 1. The smallest absolute Gasteiger partial charge is 0.330 e. The minimum absolute atomic E-state index is 0.0266. The standard InChI is InChI=1S/C9H16N4O2/c1-9(2,3)4-13-6(11)5(10)7(14)12-8(13)15/h4,10-11H2,1-3H3,(H,12,14,15). The molecule has 1 heterocycles. The summed E-state index contributed by atoms with van der Waals surface area (Å²) in [5.41, 5.74) is 9.65. The fraction of sp³-hybridized carbons (Fsp3) is 0.556. The molecule has 0 fully saturated rings. The van der Waals surface area contributed by atoms with Crippen molar-refractivity contribution in [3.8, 4) is 0 Å². The van der Waals surface area contributed by atoms with Crippen molar-refractivity contribution in [1.29, 1.82) is 0 Å². The van der Waals surface area contributed by atoms with E-state index in [0.717, 1.165) is 0 Å². The third-order valence-electron chi connectivity index (χ3n) is 1.91. The van der Waals surface area contributed by atoms with E-state index in [1.54, 1.807) is 0 Å². The van der Waals surface area contributed by atoms with Gasteiger partial charge in [-0.3, -0.25) is 14.3 Å². The lowest BCUT2D eigenvalue weighted by atomic mass is 9.97. The molecule has 1 aromatic rings. The van der Waals surface area contributed by atoms with Crippen LogP contribution in [0.5, 0.6) is 0 Å². The van der Waals surface area contributed by atoms with E-state index in [4.69, 9.17) is 11.5 Å². The highest BCUT2D eigenvalue weighted by atomic mass is 16.2. The molecule has 0 aliphatic heterocycles. The van der Waals surface area contributed by atoms with Crippen LogP contribution in [-0.2, 0) is 6.54 Å². The van der Waals surface area contributed by atoms with Crippen molar-refractivity contribution in [1.82, 2.24) is 9.55 Å². The Morgan fingerprint density at radius 1 is 1.27 bits per heavy atom. The van der Waals surface area contributed by atoms with Gasteiger partial charge in [0.25, 0.3) is 5.56 Å². The molecule has 0 spiro atoms. The minimum Gasteiger partial charge on any atom is -0.391 e. The second-order valence-corrected chi connectivity index (χ2v) is 4.70. The zero-order valence-electron chi connectivity index (χ0n) is 9.13. The van der Waals surface area contributed by atoms with E-state index in [1.165, 1.54) is 4.57 Å². The third-order valence-corrected chi connectivity index (χ3v) is 1.91. The molecule has 1 aromatic heterocycles. The van der Waals surface area contributed by atoms with Gasteiger partial charge in [0, 0.05) is 6.54 Å². The van der Waals surface area contributed by atoms with Gasteiger partial charge in [-0.25, -0.2) is 4.79 Å². The quantitative estimate of drug-likeness (QED) is 0.596. The first-order chi connectivity index (χ1) is 6.72. The Morgan fingerprint density at radius 2 is 1.80 bits per heavy atom.